The average Bonchev–Trinajstić information content (AvgIpc) is 2.66. The Bertz CT molecular complexity index is 1010. The molecule has 1 unspecified atom stereocenters. The number of hydrogen-bond donors (Lipinski definition) is 3. The summed E-state index contributed by atoms with van der Waals surface area (Å²) in [6, 6.07) is 6.38. The zero-order valence-electron chi connectivity index (χ0n) is 16.0. The lowest BCUT2D eigenvalue weighted by Crippen LogP contribution is -2.39. The number of benzene rings is 2. The van der Waals surface area contributed by atoms with E-state index in [1.54, 1.807) is 13.8 Å². The molecule has 0 radical (unpaired) electrons. The normalized spacial score (nSPS) is 12.5. The summed E-state index contributed by atoms with van der Waals surface area (Å²) in [5, 5.41) is 4.78. The van der Waals surface area contributed by atoms with E-state index in [4.69, 9.17) is 0 Å². The summed E-state index contributed by atoms with van der Waals surface area (Å²) in [5.41, 5.74) is 0.141. The second-order valence-electron chi connectivity index (χ2n) is 6.49. The van der Waals surface area contributed by atoms with Gasteiger partial charge < -0.3 is 10.6 Å². The molecule has 0 saturated heterocycles. The highest BCUT2D eigenvalue weighted by Crippen LogP contribution is 2.18. The molecule has 29 heavy (non-hydrogen) atoms. The van der Waals surface area contributed by atoms with Crippen LogP contribution in [0, 0.1) is 11.6 Å². The van der Waals surface area contributed by atoms with Crippen molar-refractivity contribution in [2.45, 2.75) is 30.8 Å². The third-order valence-electron chi connectivity index (χ3n) is 3.88. The van der Waals surface area contributed by atoms with Gasteiger partial charge in [-0.15, -0.1) is 0 Å². The van der Waals surface area contributed by atoms with Crippen LogP contribution in [0.4, 0.5) is 8.78 Å². The molecule has 0 saturated carbocycles. The molecule has 0 spiro atoms. The molecule has 2 rings (SSSR count). The molecular weight excluding hydrogens is 404 g/mol. The van der Waals surface area contributed by atoms with E-state index in [-0.39, 0.29) is 22.1 Å². The summed E-state index contributed by atoms with van der Waals surface area (Å²) in [7, 11) is -2.38. The fourth-order valence-electron chi connectivity index (χ4n) is 2.51. The van der Waals surface area contributed by atoms with Crippen LogP contribution in [0.15, 0.2) is 47.4 Å². The zero-order valence-corrected chi connectivity index (χ0v) is 16.8. The van der Waals surface area contributed by atoms with Crippen molar-refractivity contribution >= 4 is 21.8 Å². The molecule has 2 aromatic carbocycles. The lowest BCUT2D eigenvalue weighted by molar-refractivity contribution is -0.122. The summed E-state index contributed by atoms with van der Waals surface area (Å²) in [6.07, 6.45) is 0. The molecule has 0 aliphatic heterocycles. The van der Waals surface area contributed by atoms with Crippen LogP contribution < -0.4 is 15.4 Å². The lowest BCUT2D eigenvalue weighted by Gasteiger charge is -2.18. The Labute approximate surface area is 167 Å². The SMILES string of the molecule is CNC(=O)C(NC(=O)c1ccc(S(=O)(=O)NC(C)C)cc1)c1ccc(F)c(F)c1. The van der Waals surface area contributed by atoms with Crippen molar-refractivity contribution in [3.05, 3.63) is 65.2 Å². The smallest absolute Gasteiger partial charge is 0.252 e. The highest BCUT2D eigenvalue weighted by molar-refractivity contribution is 7.89. The van der Waals surface area contributed by atoms with E-state index in [2.05, 4.69) is 15.4 Å². The predicted octanol–water partition coefficient (Wildman–Crippen LogP) is 1.87. The van der Waals surface area contributed by atoms with E-state index in [1.807, 2.05) is 0 Å². The third-order valence-corrected chi connectivity index (χ3v) is 5.55. The molecule has 0 aliphatic rings. The Morgan fingerprint density at radius 3 is 2.10 bits per heavy atom. The van der Waals surface area contributed by atoms with Crippen molar-refractivity contribution < 1.29 is 26.8 Å². The molecule has 0 bridgehead atoms. The van der Waals surface area contributed by atoms with Crippen LogP contribution in [0.5, 0.6) is 0 Å². The number of hydrogen-bond acceptors (Lipinski definition) is 4. The molecular formula is C19H21F2N3O4S. The highest BCUT2D eigenvalue weighted by Gasteiger charge is 2.24. The number of amides is 2. The molecule has 0 fully saturated rings. The fraction of sp³-hybridized carbons (Fsp3) is 0.263. The maximum absolute atomic E-state index is 13.5. The summed E-state index contributed by atoms with van der Waals surface area (Å²) < 4.78 is 53.4. The maximum Gasteiger partial charge on any atom is 0.252 e. The van der Waals surface area contributed by atoms with Crippen LogP contribution in [0.1, 0.15) is 35.8 Å². The molecule has 7 nitrogen and oxygen atoms in total. The first-order chi connectivity index (χ1) is 13.5. The number of carbonyl (C=O) groups is 2. The van der Waals surface area contributed by atoms with Gasteiger partial charge >= 0.3 is 0 Å². The zero-order chi connectivity index (χ0) is 21.8. The van der Waals surface area contributed by atoms with Gasteiger partial charge in [0, 0.05) is 18.7 Å². The minimum Gasteiger partial charge on any atom is -0.357 e. The quantitative estimate of drug-likeness (QED) is 0.630. The van der Waals surface area contributed by atoms with Gasteiger partial charge in [0.2, 0.25) is 15.9 Å². The van der Waals surface area contributed by atoms with Gasteiger partial charge in [0.1, 0.15) is 6.04 Å². The van der Waals surface area contributed by atoms with Gasteiger partial charge in [-0.05, 0) is 55.8 Å². The maximum atomic E-state index is 13.5. The van der Waals surface area contributed by atoms with Crippen LogP contribution in [0.2, 0.25) is 0 Å². The average molecular weight is 425 g/mol. The minimum atomic E-state index is -3.72. The summed E-state index contributed by atoms with van der Waals surface area (Å²) in [4.78, 5) is 24.6. The van der Waals surface area contributed by atoms with Crippen LogP contribution in [-0.2, 0) is 14.8 Å². The van der Waals surface area contributed by atoms with Crippen LogP contribution in [-0.4, -0.2) is 33.3 Å². The second-order valence-corrected chi connectivity index (χ2v) is 8.21. The van der Waals surface area contributed by atoms with Crippen molar-refractivity contribution in [3.8, 4) is 0 Å². The predicted molar refractivity (Wildman–Crippen MR) is 103 cm³/mol. The van der Waals surface area contributed by atoms with E-state index in [0.29, 0.717) is 0 Å². The van der Waals surface area contributed by atoms with Crippen molar-refractivity contribution in [2.24, 2.45) is 0 Å². The highest BCUT2D eigenvalue weighted by atomic mass is 32.2. The number of nitrogens with one attached hydrogen (secondary N) is 3. The lowest BCUT2D eigenvalue weighted by atomic mass is 10.0. The van der Waals surface area contributed by atoms with Crippen LogP contribution in [0.25, 0.3) is 0 Å². The van der Waals surface area contributed by atoms with Crippen molar-refractivity contribution in [2.75, 3.05) is 7.05 Å². The second kappa shape index (κ2) is 9.10. The van der Waals surface area contributed by atoms with Gasteiger partial charge in [0.05, 0.1) is 4.90 Å². The first-order valence-corrected chi connectivity index (χ1v) is 10.1. The van der Waals surface area contributed by atoms with Gasteiger partial charge in [-0.2, -0.15) is 0 Å². The van der Waals surface area contributed by atoms with E-state index >= 15 is 0 Å². The standard InChI is InChI=1S/C19H21F2N3O4S/c1-11(2)24-29(27,28)14-7-4-12(5-8-14)18(25)23-17(19(26)22-3)13-6-9-15(20)16(21)10-13/h4-11,17,24H,1-3H3,(H,22,26)(H,23,25). The van der Waals surface area contributed by atoms with Gasteiger partial charge in [0.15, 0.2) is 11.6 Å². The monoisotopic (exact) mass is 425 g/mol. The molecule has 2 aromatic rings. The molecule has 10 heteroatoms. The molecule has 0 heterocycles. The van der Waals surface area contributed by atoms with E-state index in [1.165, 1.54) is 37.4 Å². The van der Waals surface area contributed by atoms with Crippen molar-refractivity contribution in [1.29, 1.82) is 0 Å². The number of halogens is 2. The Balaban J connectivity index is 2.25. The number of carbonyl (C=O) groups excluding carboxylic acids is 2. The first kappa shape index (κ1) is 22.4. The minimum absolute atomic E-state index is 0.0220. The Morgan fingerprint density at radius 2 is 1.59 bits per heavy atom. The van der Waals surface area contributed by atoms with Gasteiger partial charge in [-0.25, -0.2) is 21.9 Å². The van der Waals surface area contributed by atoms with E-state index in [0.717, 1.165) is 12.1 Å². The third kappa shape index (κ3) is 5.58. The van der Waals surface area contributed by atoms with Gasteiger partial charge in [-0.1, -0.05) is 6.07 Å². The molecule has 2 amide bonds. The van der Waals surface area contributed by atoms with Crippen LogP contribution >= 0.6 is 0 Å². The number of likely N-dealkylation sites (N-methyl/N-ethyl adjacent to an activating group) is 1. The molecule has 3 N–H and O–H groups in total. The van der Waals surface area contributed by atoms with Crippen LogP contribution in [0.3, 0.4) is 0 Å². The summed E-state index contributed by atoms with van der Waals surface area (Å²) in [5.74, 6) is -3.56. The van der Waals surface area contributed by atoms with Gasteiger partial charge in [-0.3, -0.25) is 9.59 Å². The Kier molecular flexibility index (Phi) is 7.04. The number of sulfonamides is 1. The molecule has 0 aliphatic carbocycles. The van der Waals surface area contributed by atoms with Crippen molar-refractivity contribution in [3.63, 3.8) is 0 Å². The number of rotatable bonds is 7. The summed E-state index contributed by atoms with van der Waals surface area (Å²) >= 11 is 0. The fourth-order valence-corrected chi connectivity index (χ4v) is 3.77. The molecule has 1 atom stereocenters. The largest absolute Gasteiger partial charge is 0.357 e. The summed E-state index contributed by atoms with van der Waals surface area (Å²) in [6.45, 7) is 3.35. The van der Waals surface area contributed by atoms with Crippen molar-refractivity contribution in [1.82, 2.24) is 15.4 Å². The first-order valence-electron chi connectivity index (χ1n) is 8.65. The topological polar surface area (TPSA) is 104 Å². The van der Waals surface area contributed by atoms with E-state index in [9.17, 15) is 26.8 Å². The molecule has 0 aromatic heterocycles. The Morgan fingerprint density at radius 1 is 0.966 bits per heavy atom. The van der Waals surface area contributed by atoms with E-state index < -0.39 is 39.5 Å². The Hall–Kier alpha value is -2.85. The van der Waals surface area contributed by atoms with Gasteiger partial charge in [0.25, 0.3) is 5.91 Å². The molecule has 156 valence electrons.